The quantitative estimate of drug-likeness (QED) is 0.591. The number of carboxylic acid groups (broad SMARTS) is 1. The summed E-state index contributed by atoms with van der Waals surface area (Å²) in [5.74, 6) is 0. The predicted molar refractivity (Wildman–Crippen MR) is 52.1 cm³/mol. The third-order valence-electron chi connectivity index (χ3n) is 2.61. The molecule has 0 bridgehead atoms. The molecule has 2 rings (SSSR count). The Morgan fingerprint density at radius 3 is 2.94 bits per heavy atom. The van der Waals surface area contributed by atoms with Gasteiger partial charge in [-0.25, -0.2) is 4.79 Å². The van der Waals surface area contributed by atoms with Crippen molar-refractivity contribution >= 4 is 11.8 Å². The summed E-state index contributed by atoms with van der Waals surface area (Å²) in [5, 5.41) is 23.1. The van der Waals surface area contributed by atoms with E-state index >= 15 is 0 Å². The van der Waals surface area contributed by atoms with Gasteiger partial charge in [0.25, 0.3) is 0 Å². The molecule has 86 valence electrons. The van der Waals surface area contributed by atoms with E-state index in [0.717, 1.165) is 0 Å². The lowest BCUT2D eigenvalue weighted by atomic mass is 10.3. The van der Waals surface area contributed by atoms with Crippen molar-refractivity contribution in [3.8, 4) is 0 Å². The van der Waals surface area contributed by atoms with Crippen molar-refractivity contribution in [1.82, 2.24) is 14.7 Å². The van der Waals surface area contributed by atoms with E-state index in [0.29, 0.717) is 19.5 Å². The van der Waals surface area contributed by atoms with Crippen LogP contribution in [0.25, 0.3) is 0 Å². The van der Waals surface area contributed by atoms with Crippen molar-refractivity contribution < 1.29 is 14.8 Å². The molecule has 1 atom stereocenters. The van der Waals surface area contributed by atoms with E-state index in [1.807, 2.05) is 0 Å². The Morgan fingerprint density at radius 2 is 2.44 bits per heavy atom. The molecule has 0 spiro atoms. The van der Waals surface area contributed by atoms with Gasteiger partial charge < -0.3 is 10.0 Å². The summed E-state index contributed by atoms with van der Waals surface area (Å²) >= 11 is 0. The molecule has 8 heteroatoms. The molecule has 1 fully saturated rings. The number of rotatable bonds is 2. The molecular weight excluding hydrogens is 216 g/mol. The zero-order chi connectivity index (χ0) is 11.7. The topological polar surface area (TPSA) is 102 Å². The normalized spacial score (nSPS) is 20.0. The lowest BCUT2D eigenvalue weighted by Crippen LogP contribution is -2.27. The number of nitrogens with zero attached hydrogens (tertiary/aromatic N) is 4. The van der Waals surface area contributed by atoms with Gasteiger partial charge in [0.1, 0.15) is 12.4 Å². The first-order valence-electron chi connectivity index (χ1n) is 4.74. The van der Waals surface area contributed by atoms with Crippen LogP contribution in [0.2, 0.25) is 0 Å². The Bertz CT molecular complexity index is 429. The highest BCUT2D eigenvalue weighted by Gasteiger charge is 2.28. The number of hydrogen-bond acceptors (Lipinski definition) is 4. The van der Waals surface area contributed by atoms with Gasteiger partial charge in [-0.15, -0.1) is 0 Å². The van der Waals surface area contributed by atoms with Crippen LogP contribution in [-0.2, 0) is 0 Å². The summed E-state index contributed by atoms with van der Waals surface area (Å²) in [6.45, 7) is 0.766. The molecule has 1 aromatic heterocycles. The Kier molecular flexibility index (Phi) is 2.47. The second-order valence-corrected chi connectivity index (χ2v) is 3.61. The minimum atomic E-state index is -0.968. The SMILES string of the molecule is O=C(O)N1CCC(n2cc([N+](=O)[O-])cn2)C1. The first-order valence-corrected chi connectivity index (χ1v) is 4.74. The van der Waals surface area contributed by atoms with Gasteiger partial charge in [-0.3, -0.25) is 14.8 Å². The second kappa shape index (κ2) is 3.80. The van der Waals surface area contributed by atoms with E-state index in [4.69, 9.17) is 5.11 Å². The summed E-state index contributed by atoms with van der Waals surface area (Å²) in [6.07, 6.45) is 2.16. The Balaban J connectivity index is 2.08. The van der Waals surface area contributed by atoms with Gasteiger partial charge in [0, 0.05) is 13.1 Å². The van der Waals surface area contributed by atoms with E-state index in [2.05, 4.69) is 5.10 Å². The smallest absolute Gasteiger partial charge is 0.407 e. The number of carbonyl (C=O) groups is 1. The highest BCUT2D eigenvalue weighted by atomic mass is 16.6. The molecule has 1 N–H and O–H groups in total. The molecule has 1 amide bonds. The van der Waals surface area contributed by atoms with E-state index in [1.165, 1.54) is 22.0 Å². The maximum atomic E-state index is 10.7. The van der Waals surface area contributed by atoms with Gasteiger partial charge >= 0.3 is 11.8 Å². The van der Waals surface area contributed by atoms with Crippen molar-refractivity contribution in [2.45, 2.75) is 12.5 Å². The highest BCUT2D eigenvalue weighted by molar-refractivity contribution is 5.65. The fourth-order valence-electron chi connectivity index (χ4n) is 1.75. The van der Waals surface area contributed by atoms with Crippen molar-refractivity contribution in [2.75, 3.05) is 13.1 Å². The number of amides is 1. The van der Waals surface area contributed by atoms with Crippen LogP contribution in [0.3, 0.4) is 0 Å². The van der Waals surface area contributed by atoms with E-state index in [9.17, 15) is 14.9 Å². The molecule has 1 aliphatic rings. The minimum absolute atomic E-state index is 0.0752. The van der Waals surface area contributed by atoms with Crippen LogP contribution in [0.1, 0.15) is 12.5 Å². The first kappa shape index (κ1) is 10.4. The van der Waals surface area contributed by atoms with Crippen molar-refractivity contribution in [3.63, 3.8) is 0 Å². The molecule has 1 aromatic rings. The standard InChI is InChI=1S/C8H10N4O4/c13-8(14)10-2-1-6(4-10)11-5-7(3-9-11)12(15)16/h3,5-6H,1-2,4H2,(H,13,14). The second-order valence-electron chi connectivity index (χ2n) is 3.61. The number of hydrogen-bond donors (Lipinski definition) is 1. The molecular formula is C8H10N4O4. The van der Waals surface area contributed by atoms with Gasteiger partial charge in [0.05, 0.1) is 11.0 Å². The zero-order valence-corrected chi connectivity index (χ0v) is 8.31. The van der Waals surface area contributed by atoms with Gasteiger partial charge in [-0.2, -0.15) is 5.10 Å². The van der Waals surface area contributed by atoms with Crippen molar-refractivity contribution in [2.24, 2.45) is 0 Å². The molecule has 0 saturated carbocycles. The zero-order valence-electron chi connectivity index (χ0n) is 8.31. The van der Waals surface area contributed by atoms with Crippen molar-refractivity contribution in [1.29, 1.82) is 0 Å². The molecule has 0 aliphatic carbocycles. The molecule has 0 radical (unpaired) electrons. The Morgan fingerprint density at radius 1 is 1.69 bits per heavy atom. The van der Waals surface area contributed by atoms with Crippen LogP contribution in [0, 0.1) is 10.1 Å². The molecule has 1 saturated heterocycles. The molecule has 2 heterocycles. The monoisotopic (exact) mass is 226 g/mol. The summed E-state index contributed by atoms with van der Waals surface area (Å²) < 4.78 is 1.46. The minimum Gasteiger partial charge on any atom is -0.465 e. The number of aromatic nitrogens is 2. The lowest BCUT2D eigenvalue weighted by Gasteiger charge is -2.11. The maximum Gasteiger partial charge on any atom is 0.407 e. The summed E-state index contributed by atoms with van der Waals surface area (Å²) in [4.78, 5) is 21.9. The Labute approximate surface area is 90.2 Å². The first-order chi connectivity index (χ1) is 7.58. The molecule has 1 aliphatic heterocycles. The largest absolute Gasteiger partial charge is 0.465 e. The van der Waals surface area contributed by atoms with Crippen LogP contribution < -0.4 is 0 Å². The van der Waals surface area contributed by atoms with Crippen LogP contribution >= 0.6 is 0 Å². The fraction of sp³-hybridized carbons (Fsp3) is 0.500. The average Bonchev–Trinajstić information content (AvgIpc) is 2.86. The van der Waals surface area contributed by atoms with Crippen LogP contribution in [0.15, 0.2) is 12.4 Å². The van der Waals surface area contributed by atoms with E-state index in [-0.39, 0.29) is 11.7 Å². The van der Waals surface area contributed by atoms with Crippen LogP contribution in [0.4, 0.5) is 10.5 Å². The molecule has 0 aromatic carbocycles. The maximum absolute atomic E-state index is 10.7. The lowest BCUT2D eigenvalue weighted by molar-refractivity contribution is -0.385. The van der Waals surface area contributed by atoms with Crippen LogP contribution in [-0.4, -0.2) is 43.9 Å². The summed E-state index contributed by atoms with van der Waals surface area (Å²) in [6, 6.07) is -0.107. The van der Waals surface area contributed by atoms with Gasteiger partial charge in [0.15, 0.2) is 0 Å². The summed E-state index contributed by atoms with van der Waals surface area (Å²) in [5.41, 5.74) is -0.0752. The number of nitro groups is 1. The third-order valence-corrected chi connectivity index (χ3v) is 2.61. The summed E-state index contributed by atoms with van der Waals surface area (Å²) in [7, 11) is 0. The van der Waals surface area contributed by atoms with Gasteiger partial charge in [-0.05, 0) is 6.42 Å². The van der Waals surface area contributed by atoms with E-state index in [1.54, 1.807) is 0 Å². The average molecular weight is 226 g/mol. The predicted octanol–water partition coefficient (Wildman–Crippen LogP) is 0.716. The van der Waals surface area contributed by atoms with Gasteiger partial charge in [-0.1, -0.05) is 0 Å². The van der Waals surface area contributed by atoms with E-state index < -0.39 is 11.0 Å². The number of likely N-dealkylation sites (tertiary alicyclic amines) is 1. The molecule has 16 heavy (non-hydrogen) atoms. The Hall–Kier alpha value is -2.12. The fourth-order valence-corrected chi connectivity index (χ4v) is 1.75. The van der Waals surface area contributed by atoms with Gasteiger partial charge in [0.2, 0.25) is 0 Å². The third kappa shape index (κ3) is 1.81. The highest BCUT2D eigenvalue weighted by Crippen LogP contribution is 2.22. The van der Waals surface area contributed by atoms with Crippen LogP contribution in [0.5, 0.6) is 0 Å². The molecule has 8 nitrogen and oxygen atoms in total. The molecule has 1 unspecified atom stereocenters. The van der Waals surface area contributed by atoms with Crippen molar-refractivity contribution in [3.05, 3.63) is 22.5 Å².